The zero-order valence-corrected chi connectivity index (χ0v) is 11.6. The summed E-state index contributed by atoms with van der Waals surface area (Å²) in [5.74, 6) is 0.746. The predicted molar refractivity (Wildman–Crippen MR) is 80.0 cm³/mol. The third-order valence-electron chi connectivity index (χ3n) is 3.20. The highest BCUT2D eigenvalue weighted by Crippen LogP contribution is 2.19. The number of pyridine rings is 1. The Morgan fingerprint density at radius 2 is 2.05 bits per heavy atom. The fourth-order valence-electron chi connectivity index (χ4n) is 2.07. The minimum Gasteiger partial charge on any atom is -0.409 e. The number of rotatable bonds is 4. The molecule has 2 aromatic rings. The van der Waals surface area contributed by atoms with Gasteiger partial charge < -0.3 is 15.8 Å². The molecule has 2 rings (SSSR count). The van der Waals surface area contributed by atoms with Gasteiger partial charge in [-0.15, -0.1) is 0 Å². The van der Waals surface area contributed by atoms with Crippen LogP contribution in [0.1, 0.15) is 16.7 Å². The van der Waals surface area contributed by atoms with Gasteiger partial charge in [0.25, 0.3) is 0 Å². The zero-order valence-electron chi connectivity index (χ0n) is 11.6. The molecule has 0 atom stereocenters. The highest BCUT2D eigenvalue weighted by Gasteiger charge is 2.13. The monoisotopic (exact) mass is 270 g/mol. The summed E-state index contributed by atoms with van der Waals surface area (Å²) in [4.78, 5) is 6.31. The molecule has 0 unspecified atom stereocenters. The van der Waals surface area contributed by atoms with Gasteiger partial charge in [-0.1, -0.05) is 29.4 Å². The fraction of sp³-hybridized carbons (Fsp3) is 0.200. The molecule has 0 radical (unpaired) electrons. The number of nitrogens with zero attached hydrogens (tertiary/aromatic N) is 3. The fourth-order valence-corrected chi connectivity index (χ4v) is 2.07. The van der Waals surface area contributed by atoms with Crippen molar-refractivity contribution in [3.8, 4) is 0 Å². The van der Waals surface area contributed by atoms with Crippen LogP contribution >= 0.6 is 0 Å². The summed E-state index contributed by atoms with van der Waals surface area (Å²) >= 11 is 0. The first-order chi connectivity index (χ1) is 9.63. The van der Waals surface area contributed by atoms with Crippen molar-refractivity contribution in [2.45, 2.75) is 13.5 Å². The number of oxime groups is 1. The Balaban J connectivity index is 2.30. The molecule has 0 aliphatic rings. The van der Waals surface area contributed by atoms with E-state index in [-0.39, 0.29) is 5.84 Å². The van der Waals surface area contributed by atoms with Gasteiger partial charge in [0.15, 0.2) is 5.84 Å². The molecule has 20 heavy (non-hydrogen) atoms. The molecular formula is C15H18N4O. The lowest BCUT2D eigenvalue weighted by atomic mass is 10.1. The highest BCUT2D eigenvalue weighted by molar-refractivity contribution is 6.01. The summed E-state index contributed by atoms with van der Waals surface area (Å²) in [7, 11) is 1.93. The molecule has 5 heteroatoms. The third-order valence-corrected chi connectivity index (χ3v) is 3.20. The van der Waals surface area contributed by atoms with Gasteiger partial charge in [-0.2, -0.15) is 0 Å². The number of anilines is 1. The van der Waals surface area contributed by atoms with Crippen LogP contribution in [-0.2, 0) is 6.54 Å². The van der Waals surface area contributed by atoms with Crippen molar-refractivity contribution in [3.63, 3.8) is 0 Å². The van der Waals surface area contributed by atoms with Crippen molar-refractivity contribution in [2.75, 3.05) is 11.9 Å². The molecule has 5 nitrogen and oxygen atoms in total. The molecule has 3 N–H and O–H groups in total. The van der Waals surface area contributed by atoms with E-state index >= 15 is 0 Å². The van der Waals surface area contributed by atoms with E-state index in [1.807, 2.05) is 24.1 Å². The molecular weight excluding hydrogens is 252 g/mol. The first-order valence-electron chi connectivity index (χ1n) is 6.32. The van der Waals surface area contributed by atoms with Gasteiger partial charge in [-0.25, -0.2) is 4.98 Å². The Hall–Kier alpha value is -2.56. The lowest BCUT2D eigenvalue weighted by Crippen LogP contribution is -2.24. The largest absolute Gasteiger partial charge is 0.409 e. The maximum Gasteiger partial charge on any atom is 0.173 e. The first kappa shape index (κ1) is 13.9. The summed E-state index contributed by atoms with van der Waals surface area (Å²) in [6, 6.07) is 11.7. The molecule has 0 bridgehead atoms. The molecule has 1 heterocycles. The normalized spacial score (nSPS) is 11.4. The summed E-state index contributed by atoms with van der Waals surface area (Å²) in [6.45, 7) is 2.78. The summed E-state index contributed by atoms with van der Waals surface area (Å²) in [5.41, 5.74) is 8.74. The van der Waals surface area contributed by atoms with E-state index in [1.165, 1.54) is 11.1 Å². The van der Waals surface area contributed by atoms with Crippen molar-refractivity contribution in [2.24, 2.45) is 10.9 Å². The van der Waals surface area contributed by atoms with E-state index in [0.29, 0.717) is 17.9 Å². The maximum atomic E-state index is 8.84. The van der Waals surface area contributed by atoms with Crippen molar-refractivity contribution >= 4 is 11.7 Å². The van der Waals surface area contributed by atoms with Crippen LogP contribution in [0.25, 0.3) is 0 Å². The SMILES string of the molecule is Cc1ccccc1CN(C)c1ncccc1/C(N)=N/O. The Bertz CT molecular complexity index is 625. The molecule has 104 valence electrons. The van der Waals surface area contributed by atoms with E-state index < -0.39 is 0 Å². The third kappa shape index (κ3) is 2.88. The van der Waals surface area contributed by atoms with E-state index in [0.717, 1.165) is 0 Å². The van der Waals surface area contributed by atoms with Gasteiger partial charge in [-0.05, 0) is 30.2 Å². The zero-order chi connectivity index (χ0) is 14.5. The lowest BCUT2D eigenvalue weighted by Gasteiger charge is -2.21. The highest BCUT2D eigenvalue weighted by atomic mass is 16.4. The van der Waals surface area contributed by atoms with Crippen LogP contribution in [-0.4, -0.2) is 23.1 Å². The molecule has 0 aliphatic carbocycles. The van der Waals surface area contributed by atoms with E-state index in [4.69, 9.17) is 10.9 Å². The molecule has 0 saturated heterocycles. The number of aromatic nitrogens is 1. The van der Waals surface area contributed by atoms with Crippen LogP contribution in [0.4, 0.5) is 5.82 Å². The smallest absolute Gasteiger partial charge is 0.173 e. The van der Waals surface area contributed by atoms with Crippen LogP contribution in [0.3, 0.4) is 0 Å². The van der Waals surface area contributed by atoms with E-state index in [2.05, 4.69) is 29.2 Å². The molecule has 0 spiro atoms. The predicted octanol–water partition coefficient (Wildman–Crippen LogP) is 2.12. The number of amidine groups is 1. The number of hydrogen-bond acceptors (Lipinski definition) is 4. The number of nitrogens with two attached hydrogens (primary N) is 1. The minimum absolute atomic E-state index is 0.0599. The quantitative estimate of drug-likeness (QED) is 0.386. The second kappa shape index (κ2) is 6.06. The second-order valence-electron chi connectivity index (χ2n) is 4.64. The Labute approximate surface area is 118 Å². The minimum atomic E-state index is 0.0599. The summed E-state index contributed by atoms with van der Waals surface area (Å²) < 4.78 is 0. The average Bonchev–Trinajstić information content (AvgIpc) is 2.48. The maximum absolute atomic E-state index is 8.84. The Morgan fingerprint density at radius 3 is 2.75 bits per heavy atom. The molecule has 0 aliphatic heterocycles. The van der Waals surface area contributed by atoms with Gasteiger partial charge in [0.1, 0.15) is 5.82 Å². The van der Waals surface area contributed by atoms with Gasteiger partial charge in [0.2, 0.25) is 0 Å². The van der Waals surface area contributed by atoms with Crippen LogP contribution in [0.15, 0.2) is 47.8 Å². The van der Waals surface area contributed by atoms with Crippen LogP contribution < -0.4 is 10.6 Å². The van der Waals surface area contributed by atoms with Gasteiger partial charge in [0, 0.05) is 19.8 Å². The summed E-state index contributed by atoms with van der Waals surface area (Å²) in [6.07, 6.45) is 1.69. The Morgan fingerprint density at radius 1 is 1.30 bits per heavy atom. The van der Waals surface area contributed by atoms with Gasteiger partial charge in [-0.3, -0.25) is 0 Å². The molecule has 1 aromatic carbocycles. The van der Waals surface area contributed by atoms with Crippen LogP contribution in [0.2, 0.25) is 0 Å². The Kier molecular flexibility index (Phi) is 4.20. The average molecular weight is 270 g/mol. The number of aryl methyl sites for hydroxylation is 1. The number of hydrogen-bond donors (Lipinski definition) is 2. The van der Waals surface area contributed by atoms with Crippen molar-refractivity contribution < 1.29 is 5.21 Å². The van der Waals surface area contributed by atoms with Gasteiger partial charge in [0.05, 0.1) is 5.56 Å². The summed E-state index contributed by atoms with van der Waals surface area (Å²) in [5, 5.41) is 11.9. The van der Waals surface area contributed by atoms with Gasteiger partial charge >= 0.3 is 0 Å². The van der Waals surface area contributed by atoms with Crippen molar-refractivity contribution in [1.29, 1.82) is 0 Å². The second-order valence-corrected chi connectivity index (χ2v) is 4.64. The van der Waals surface area contributed by atoms with Crippen molar-refractivity contribution in [3.05, 3.63) is 59.3 Å². The van der Waals surface area contributed by atoms with E-state index in [1.54, 1.807) is 18.3 Å². The molecule has 1 aromatic heterocycles. The number of benzene rings is 1. The lowest BCUT2D eigenvalue weighted by molar-refractivity contribution is 0.318. The topological polar surface area (TPSA) is 74.7 Å². The molecule has 0 amide bonds. The molecule has 0 fully saturated rings. The first-order valence-corrected chi connectivity index (χ1v) is 6.32. The van der Waals surface area contributed by atoms with E-state index in [9.17, 15) is 0 Å². The van der Waals surface area contributed by atoms with Crippen molar-refractivity contribution in [1.82, 2.24) is 4.98 Å². The molecule has 0 saturated carbocycles. The van der Waals surface area contributed by atoms with Crippen LogP contribution in [0, 0.1) is 6.92 Å². The standard InChI is InChI=1S/C15H18N4O/c1-11-6-3-4-7-12(11)10-19(2)15-13(14(16)18-20)8-5-9-17-15/h3-9,20H,10H2,1-2H3,(H2,16,18). The van der Waals surface area contributed by atoms with Crippen LogP contribution in [0.5, 0.6) is 0 Å².